The van der Waals surface area contributed by atoms with E-state index >= 15 is 0 Å². The number of carbonyl (C=O) groups is 1. The summed E-state index contributed by atoms with van der Waals surface area (Å²) in [5.74, 6) is -1.78. The van der Waals surface area contributed by atoms with Gasteiger partial charge in [0.15, 0.2) is 0 Å². The molecular weight excluding hydrogens is 386 g/mol. The summed E-state index contributed by atoms with van der Waals surface area (Å²) in [5.41, 5.74) is 0.167. The van der Waals surface area contributed by atoms with Crippen LogP contribution in [0.5, 0.6) is 0 Å². The molecule has 0 aliphatic rings. The van der Waals surface area contributed by atoms with E-state index in [1.54, 1.807) is 20.8 Å². The maximum Gasteiger partial charge on any atom is 0.251 e. The SMILES string of the molecule is CC(Cc1c(F)cccc1F)NC(=O)c1ccc(S(=O)(=O)N(C)C(C)C)cc1. The molecule has 2 aromatic carbocycles. The number of rotatable bonds is 7. The number of carbonyl (C=O) groups excluding carboxylic acids is 1. The van der Waals surface area contributed by atoms with Crippen LogP contribution >= 0.6 is 0 Å². The minimum Gasteiger partial charge on any atom is -0.349 e. The summed E-state index contributed by atoms with van der Waals surface area (Å²) in [7, 11) is -2.15. The van der Waals surface area contributed by atoms with Gasteiger partial charge in [0.2, 0.25) is 10.0 Å². The second kappa shape index (κ2) is 8.79. The van der Waals surface area contributed by atoms with E-state index in [0.29, 0.717) is 0 Å². The molecule has 1 amide bonds. The minimum absolute atomic E-state index is 0.00407. The summed E-state index contributed by atoms with van der Waals surface area (Å²) in [6, 6.07) is 8.44. The Morgan fingerprint density at radius 3 is 2.07 bits per heavy atom. The standard InChI is InChI=1S/C20H24F2N2O3S/c1-13(2)24(4)28(26,27)16-10-8-15(9-11-16)20(25)23-14(3)12-17-18(21)6-5-7-19(17)22/h5-11,13-14H,12H2,1-4H3,(H,23,25). The highest BCUT2D eigenvalue weighted by molar-refractivity contribution is 7.89. The van der Waals surface area contributed by atoms with E-state index in [1.165, 1.54) is 53.8 Å². The maximum absolute atomic E-state index is 13.7. The van der Waals surface area contributed by atoms with Crippen molar-refractivity contribution in [3.63, 3.8) is 0 Å². The van der Waals surface area contributed by atoms with E-state index in [-0.39, 0.29) is 28.5 Å². The van der Waals surface area contributed by atoms with E-state index in [2.05, 4.69) is 5.32 Å². The fourth-order valence-electron chi connectivity index (χ4n) is 2.61. The van der Waals surface area contributed by atoms with E-state index in [9.17, 15) is 22.0 Å². The van der Waals surface area contributed by atoms with Gasteiger partial charge in [-0.05, 0) is 63.6 Å². The molecule has 5 nitrogen and oxygen atoms in total. The zero-order chi connectivity index (χ0) is 21.1. The minimum atomic E-state index is -3.64. The van der Waals surface area contributed by atoms with Crippen LogP contribution in [0.15, 0.2) is 47.4 Å². The lowest BCUT2D eigenvalue weighted by atomic mass is 10.1. The van der Waals surface area contributed by atoms with E-state index < -0.39 is 33.6 Å². The highest BCUT2D eigenvalue weighted by Gasteiger charge is 2.23. The Hall–Kier alpha value is -2.32. The van der Waals surface area contributed by atoms with Crippen molar-refractivity contribution in [3.05, 3.63) is 65.2 Å². The smallest absolute Gasteiger partial charge is 0.251 e. The molecule has 1 unspecified atom stereocenters. The van der Waals surface area contributed by atoms with Crippen molar-refractivity contribution in [1.82, 2.24) is 9.62 Å². The molecule has 152 valence electrons. The molecule has 28 heavy (non-hydrogen) atoms. The Labute approximate surface area is 164 Å². The summed E-state index contributed by atoms with van der Waals surface area (Å²) in [4.78, 5) is 12.4. The Bertz CT molecular complexity index is 924. The van der Waals surface area contributed by atoms with E-state index in [4.69, 9.17) is 0 Å². The molecular formula is C20H24F2N2O3S. The first-order chi connectivity index (χ1) is 13.0. The Balaban J connectivity index is 2.09. The van der Waals surface area contributed by atoms with Crippen LogP contribution in [0, 0.1) is 11.6 Å². The molecule has 0 aliphatic heterocycles. The summed E-state index contributed by atoms with van der Waals surface area (Å²) in [5, 5.41) is 2.67. The van der Waals surface area contributed by atoms with Gasteiger partial charge in [0.1, 0.15) is 11.6 Å². The largest absolute Gasteiger partial charge is 0.349 e. The molecule has 1 atom stereocenters. The molecule has 0 aliphatic carbocycles. The Morgan fingerprint density at radius 1 is 1.04 bits per heavy atom. The maximum atomic E-state index is 13.7. The van der Waals surface area contributed by atoms with Crippen molar-refractivity contribution < 1.29 is 22.0 Å². The fraction of sp³-hybridized carbons (Fsp3) is 0.350. The fourth-order valence-corrected chi connectivity index (χ4v) is 3.98. The third kappa shape index (κ3) is 4.94. The van der Waals surface area contributed by atoms with Crippen molar-refractivity contribution in [3.8, 4) is 0 Å². The average molecular weight is 410 g/mol. The summed E-state index contributed by atoms with van der Waals surface area (Å²) < 4.78 is 53.6. The zero-order valence-electron chi connectivity index (χ0n) is 16.2. The van der Waals surface area contributed by atoms with Crippen molar-refractivity contribution in [2.75, 3.05) is 7.05 Å². The molecule has 0 bridgehead atoms. The van der Waals surface area contributed by atoms with Crippen LogP contribution in [0.1, 0.15) is 36.7 Å². The first-order valence-electron chi connectivity index (χ1n) is 8.86. The lowest BCUT2D eigenvalue weighted by molar-refractivity contribution is 0.0939. The number of hydrogen-bond donors (Lipinski definition) is 1. The summed E-state index contributed by atoms with van der Waals surface area (Å²) >= 11 is 0. The van der Waals surface area contributed by atoms with Gasteiger partial charge >= 0.3 is 0 Å². The van der Waals surface area contributed by atoms with Gasteiger partial charge in [0.05, 0.1) is 4.90 Å². The van der Waals surface area contributed by atoms with Crippen molar-refractivity contribution >= 4 is 15.9 Å². The average Bonchev–Trinajstić information content (AvgIpc) is 2.64. The van der Waals surface area contributed by atoms with Crippen molar-refractivity contribution in [1.29, 1.82) is 0 Å². The number of amides is 1. The lowest BCUT2D eigenvalue weighted by Gasteiger charge is -2.21. The van der Waals surface area contributed by atoms with Gasteiger partial charge in [-0.25, -0.2) is 17.2 Å². The molecule has 0 saturated heterocycles. The zero-order valence-corrected chi connectivity index (χ0v) is 17.1. The second-order valence-electron chi connectivity index (χ2n) is 6.92. The van der Waals surface area contributed by atoms with Crippen LogP contribution in [0.3, 0.4) is 0 Å². The van der Waals surface area contributed by atoms with Crippen molar-refractivity contribution in [2.45, 2.75) is 44.2 Å². The number of halogens is 2. The molecule has 1 N–H and O–H groups in total. The predicted molar refractivity (Wildman–Crippen MR) is 104 cm³/mol. The molecule has 8 heteroatoms. The predicted octanol–water partition coefficient (Wildman–Crippen LogP) is 3.35. The van der Waals surface area contributed by atoms with Gasteiger partial charge < -0.3 is 5.32 Å². The van der Waals surface area contributed by atoms with Gasteiger partial charge in [0, 0.05) is 30.3 Å². The second-order valence-corrected chi connectivity index (χ2v) is 8.92. The Kier molecular flexibility index (Phi) is 6.90. The number of benzene rings is 2. The Morgan fingerprint density at radius 2 is 1.57 bits per heavy atom. The third-order valence-corrected chi connectivity index (χ3v) is 6.52. The third-order valence-electron chi connectivity index (χ3n) is 4.47. The molecule has 0 fully saturated rings. The highest BCUT2D eigenvalue weighted by Crippen LogP contribution is 2.18. The first-order valence-corrected chi connectivity index (χ1v) is 10.3. The highest BCUT2D eigenvalue weighted by atomic mass is 32.2. The number of sulfonamides is 1. The molecule has 2 aromatic rings. The molecule has 0 aromatic heterocycles. The van der Waals surface area contributed by atoms with Gasteiger partial charge in [-0.2, -0.15) is 4.31 Å². The first kappa shape index (κ1) is 22.0. The van der Waals surface area contributed by atoms with Gasteiger partial charge in [0.25, 0.3) is 5.91 Å². The van der Waals surface area contributed by atoms with Crippen LogP contribution in [-0.2, 0) is 16.4 Å². The van der Waals surface area contributed by atoms with Gasteiger partial charge in [-0.15, -0.1) is 0 Å². The van der Waals surface area contributed by atoms with Crippen LogP contribution in [-0.4, -0.2) is 37.8 Å². The van der Waals surface area contributed by atoms with Gasteiger partial charge in [-0.3, -0.25) is 4.79 Å². The topological polar surface area (TPSA) is 66.5 Å². The van der Waals surface area contributed by atoms with Crippen LogP contribution in [0.2, 0.25) is 0 Å². The number of hydrogen-bond acceptors (Lipinski definition) is 3. The lowest BCUT2D eigenvalue weighted by Crippen LogP contribution is -2.35. The van der Waals surface area contributed by atoms with E-state index in [0.717, 1.165) is 0 Å². The number of nitrogens with zero attached hydrogens (tertiary/aromatic N) is 1. The summed E-state index contributed by atoms with van der Waals surface area (Å²) in [6.07, 6.45) is -0.00407. The monoisotopic (exact) mass is 410 g/mol. The van der Waals surface area contributed by atoms with Crippen LogP contribution in [0.25, 0.3) is 0 Å². The number of nitrogens with one attached hydrogen (secondary N) is 1. The molecule has 0 saturated carbocycles. The van der Waals surface area contributed by atoms with E-state index in [1.807, 2.05) is 0 Å². The summed E-state index contributed by atoms with van der Waals surface area (Å²) in [6.45, 7) is 5.17. The molecule has 2 rings (SSSR count). The normalized spacial score (nSPS) is 13.0. The molecule has 0 radical (unpaired) electrons. The van der Waals surface area contributed by atoms with Crippen LogP contribution in [0.4, 0.5) is 8.78 Å². The molecule has 0 spiro atoms. The van der Waals surface area contributed by atoms with Crippen LogP contribution < -0.4 is 5.32 Å². The quantitative estimate of drug-likeness (QED) is 0.761. The van der Waals surface area contributed by atoms with Gasteiger partial charge in [-0.1, -0.05) is 6.07 Å². The van der Waals surface area contributed by atoms with Crippen molar-refractivity contribution in [2.24, 2.45) is 0 Å². The molecule has 0 heterocycles.